The predicted molar refractivity (Wildman–Crippen MR) is 72.4 cm³/mol. The smallest absolute Gasteiger partial charge is 0.215 e. The highest BCUT2D eigenvalue weighted by molar-refractivity contribution is 7.89. The molecule has 0 radical (unpaired) electrons. The van der Waals surface area contributed by atoms with E-state index in [1.54, 1.807) is 0 Å². The fraction of sp³-hybridized carbons (Fsp3) is 0.556. The molecule has 0 aliphatic heterocycles. The zero-order chi connectivity index (χ0) is 14.5. The van der Waals surface area contributed by atoms with Crippen LogP contribution in [0.5, 0.6) is 5.75 Å². The second-order valence-corrected chi connectivity index (χ2v) is 6.08. The monoisotopic (exact) mass is 290 g/mol. The van der Waals surface area contributed by atoms with E-state index >= 15 is 0 Å². The lowest BCUT2D eigenvalue weighted by atomic mass is 10.4. The zero-order valence-electron chi connectivity index (χ0n) is 11.0. The van der Waals surface area contributed by atoms with E-state index in [4.69, 9.17) is 10.6 Å². The number of nitrogens with one attached hydrogen (secondary N) is 2. The molecule has 10 heteroatoms. The number of hydrogen-bond donors (Lipinski definition) is 3. The van der Waals surface area contributed by atoms with Gasteiger partial charge in [-0.1, -0.05) is 0 Å². The summed E-state index contributed by atoms with van der Waals surface area (Å²) in [5.41, 5.74) is 2.37. The van der Waals surface area contributed by atoms with Crippen LogP contribution in [0.4, 0.5) is 11.6 Å². The molecule has 9 nitrogen and oxygen atoms in total. The molecule has 0 amide bonds. The fourth-order valence-electron chi connectivity index (χ4n) is 1.28. The van der Waals surface area contributed by atoms with E-state index in [2.05, 4.69) is 20.7 Å². The minimum atomic E-state index is -3.26. The molecule has 1 aromatic heterocycles. The first kappa shape index (κ1) is 15.4. The third-order valence-corrected chi connectivity index (χ3v) is 4.19. The van der Waals surface area contributed by atoms with Gasteiger partial charge in [0.1, 0.15) is 6.33 Å². The summed E-state index contributed by atoms with van der Waals surface area (Å²) < 4.78 is 29.4. The Bertz CT molecular complexity index is 519. The van der Waals surface area contributed by atoms with Gasteiger partial charge in [-0.15, -0.1) is 0 Å². The molecule has 19 heavy (non-hydrogen) atoms. The van der Waals surface area contributed by atoms with Crippen LogP contribution in [0.3, 0.4) is 0 Å². The van der Waals surface area contributed by atoms with Crippen LogP contribution in [0.25, 0.3) is 0 Å². The van der Waals surface area contributed by atoms with Crippen molar-refractivity contribution >= 4 is 21.7 Å². The van der Waals surface area contributed by atoms with Crippen molar-refractivity contribution in [2.45, 2.75) is 0 Å². The van der Waals surface area contributed by atoms with E-state index in [9.17, 15) is 8.42 Å². The van der Waals surface area contributed by atoms with E-state index in [0.717, 1.165) is 0 Å². The van der Waals surface area contributed by atoms with Crippen LogP contribution in [0, 0.1) is 0 Å². The average molecular weight is 290 g/mol. The highest BCUT2D eigenvalue weighted by Gasteiger charge is 2.15. The van der Waals surface area contributed by atoms with Crippen molar-refractivity contribution in [3.63, 3.8) is 0 Å². The number of anilines is 2. The summed E-state index contributed by atoms with van der Waals surface area (Å²) in [4.78, 5) is 7.85. The van der Waals surface area contributed by atoms with E-state index in [1.807, 2.05) is 0 Å². The average Bonchev–Trinajstić information content (AvgIpc) is 2.37. The maximum Gasteiger partial charge on any atom is 0.215 e. The number of ether oxygens (including phenoxy) is 1. The minimum Gasteiger partial charge on any atom is -0.490 e. The lowest BCUT2D eigenvalue weighted by molar-refractivity contribution is 0.414. The summed E-state index contributed by atoms with van der Waals surface area (Å²) in [5.74, 6) is 6.24. The maximum atomic E-state index is 11.6. The summed E-state index contributed by atoms with van der Waals surface area (Å²) in [6.07, 6.45) is 1.29. The fourth-order valence-corrected chi connectivity index (χ4v) is 2.00. The van der Waals surface area contributed by atoms with E-state index in [0.29, 0.717) is 17.4 Å². The predicted octanol–water partition coefficient (Wildman–Crippen LogP) is -0.926. The molecule has 0 atom stereocenters. The van der Waals surface area contributed by atoms with E-state index < -0.39 is 10.0 Å². The molecule has 1 aromatic rings. The normalized spacial score (nSPS) is 11.4. The lowest BCUT2D eigenvalue weighted by Gasteiger charge is -2.14. The SMILES string of the molecule is COc1c(NN)ncnc1NCCS(=O)(=O)N(C)C. The second kappa shape index (κ2) is 6.50. The molecule has 0 saturated carbocycles. The Morgan fingerprint density at radius 1 is 1.37 bits per heavy atom. The summed E-state index contributed by atoms with van der Waals surface area (Å²) >= 11 is 0. The first-order chi connectivity index (χ1) is 8.92. The summed E-state index contributed by atoms with van der Waals surface area (Å²) in [5, 5.41) is 2.87. The van der Waals surface area contributed by atoms with Gasteiger partial charge < -0.3 is 15.5 Å². The molecular weight excluding hydrogens is 272 g/mol. The Morgan fingerprint density at radius 3 is 2.53 bits per heavy atom. The highest BCUT2D eigenvalue weighted by atomic mass is 32.2. The van der Waals surface area contributed by atoms with Crippen molar-refractivity contribution in [3.8, 4) is 5.75 Å². The largest absolute Gasteiger partial charge is 0.490 e. The lowest BCUT2D eigenvalue weighted by Crippen LogP contribution is -2.28. The molecule has 0 bridgehead atoms. The Kier molecular flexibility index (Phi) is 5.27. The number of methoxy groups -OCH3 is 1. The van der Waals surface area contributed by atoms with Gasteiger partial charge in [-0.05, 0) is 0 Å². The van der Waals surface area contributed by atoms with Gasteiger partial charge in [-0.3, -0.25) is 0 Å². The number of aromatic nitrogens is 2. The first-order valence-corrected chi connectivity index (χ1v) is 7.03. The number of hydrogen-bond acceptors (Lipinski definition) is 8. The van der Waals surface area contributed by atoms with Gasteiger partial charge >= 0.3 is 0 Å². The summed E-state index contributed by atoms with van der Waals surface area (Å²) in [6, 6.07) is 0. The number of nitrogen functional groups attached to an aromatic ring is 1. The molecule has 1 heterocycles. The molecule has 0 aromatic carbocycles. The summed E-state index contributed by atoms with van der Waals surface area (Å²) in [6.45, 7) is 0.192. The van der Waals surface area contributed by atoms with E-state index in [-0.39, 0.29) is 12.3 Å². The van der Waals surface area contributed by atoms with Crippen molar-refractivity contribution in [3.05, 3.63) is 6.33 Å². The first-order valence-electron chi connectivity index (χ1n) is 5.42. The van der Waals surface area contributed by atoms with Crippen LogP contribution in [-0.4, -0.2) is 56.2 Å². The molecular formula is C9H18N6O3S. The molecule has 0 aliphatic rings. The molecule has 0 aliphatic carbocycles. The Labute approximate surface area is 112 Å². The van der Waals surface area contributed by atoms with Crippen LogP contribution >= 0.6 is 0 Å². The van der Waals surface area contributed by atoms with Crippen molar-refractivity contribution in [2.75, 3.05) is 44.2 Å². The van der Waals surface area contributed by atoms with Crippen LogP contribution in [0.1, 0.15) is 0 Å². The summed E-state index contributed by atoms with van der Waals surface area (Å²) in [7, 11) is 1.15. The van der Waals surface area contributed by atoms with E-state index in [1.165, 1.54) is 31.8 Å². The van der Waals surface area contributed by atoms with Gasteiger partial charge in [0.2, 0.25) is 15.8 Å². The van der Waals surface area contributed by atoms with Crippen molar-refractivity contribution < 1.29 is 13.2 Å². The van der Waals surface area contributed by atoms with Gasteiger partial charge in [0.15, 0.2) is 11.6 Å². The van der Waals surface area contributed by atoms with Crippen LogP contribution in [0.15, 0.2) is 6.33 Å². The molecule has 0 fully saturated rings. The van der Waals surface area contributed by atoms with Gasteiger partial charge in [0.05, 0.1) is 12.9 Å². The van der Waals surface area contributed by atoms with Gasteiger partial charge in [0.25, 0.3) is 0 Å². The molecule has 4 N–H and O–H groups in total. The number of nitrogens with zero attached hydrogens (tertiary/aromatic N) is 3. The number of nitrogens with two attached hydrogens (primary N) is 1. The molecule has 108 valence electrons. The Morgan fingerprint density at radius 2 is 2.00 bits per heavy atom. The van der Waals surface area contributed by atoms with Crippen molar-refractivity contribution in [1.82, 2.24) is 14.3 Å². The van der Waals surface area contributed by atoms with Crippen molar-refractivity contribution in [1.29, 1.82) is 0 Å². The van der Waals surface area contributed by atoms with Crippen LogP contribution in [0.2, 0.25) is 0 Å². The molecule has 0 spiro atoms. The quantitative estimate of drug-likeness (QED) is 0.435. The minimum absolute atomic E-state index is 0.0570. The third-order valence-electron chi connectivity index (χ3n) is 2.35. The van der Waals surface area contributed by atoms with Gasteiger partial charge in [-0.25, -0.2) is 28.5 Å². The van der Waals surface area contributed by atoms with Gasteiger partial charge in [0, 0.05) is 20.6 Å². The van der Waals surface area contributed by atoms with Gasteiger partial charge in [-0.2, -0.15) is 0 Å². The number of sulfonamides is 1. The highest BCUT2D eigenvalue weighted by Crippen LogP contribution is 2.27. The van der Waals surface area contributed by atoms with Crippen molar-refractivity contribution in [2.24, 2.45) is 5.84 Å². The van der Waals surface area contributed by atoms with Crippen LogP contribution in [-0.2, 0) is 10.0 Å². The molecule has 0 saturated heterocycles. The third kappa shape index (κ3) is 3.91. The number of rotatable bonds is 7. The standard InChI is InChI=1S/C9H18N6O3S/c1-15(2)19(16,17)5-4-11-8-7(18-3)9(14-10)13-6-12-8/h6H,4-5,10H2,1-3H3,(H2,11,12,13,14). The Balaban J connectivity index is 2.74. The number of hydrazine groups is 1. The second-order valence-electron chi connectivity index (χ2n) is 3.77. The zero-order valence-corrected chi connectivity index (χ0v) is 11.9. The molecule has 0 unspecified atom stereocenters. The molecule has 1 rings (SSSR count). The topological polar surface area (TPSA) is 122 Å². The van der Waals surface area contributed by atoms with Crippen LogP contribution < -0.4 is 21.3 Å². The Hall–Kier alpha value is -1.65. The maximum absolute atomic E-state index is 11.6.